The van der Waals surface area contributed by atoms with Gasteiger partial charge in [0.15, 0.2) is 8.32 Å². The van der Waals surface area contributed by atoms with Crippen LogP contribution in [0.5, 0.6) is 0 Å². The number of rotatable bonds is 4. The maximum Gasteiger partial charge on any atom is 0.266 e. The second-order valence-corrected chi connectivity index (χ2v) is 14.9. The van der Waals surface area contributed by atoms with Crippen molar-refractivity contribution in [2.45, 2.75) is 69.7 Å². The first-order chi connectivity index (χ1) is 11.3. The van der Waals surface area contributed by atoms with Crippen molar-refractivity contribution in [2.24, 2.45) is 0 Å². The quantitative estimate of drug-likeness (QED) is 0.744. The highest BCUT2D eigenvalue weighted by Gasteiger charge is 2.42. The predicted octanol–water partition coefficient (Wildman–Crippen LogP) is 3.70. The Morgan fingerprint density at radius 2 is 1.72 bits per heavy atom. The van der Waals surface area contributed by atoms with Crippen LogP contribution in [0.1, 0.15) is 39.2 Å². The number of aryl methyl sites for hydroxylation is 1. The molecule has 5 nitrogen and oxygen atoms in total. The van der Waals surface area contributed by atoms with Gasteiger partial charge >= 0.3 is 0 Å². The molecule has 0 saturated carbocycles. The highest BCUT2D eigenvalue weighted by molar-refractivity contribution is 7.89. The molecule has 7 heteroatoms. The van der Waals surface area contributed by atoms with Gasteiger partial charge in [-0.2, -0.15) is 0 Å². The molecule has 0 N–H and O–H groups in total. The Morgan fingerprint density at radius 3 is 2.24 bits per heavy atom. The lowest BCUT2D eigenvalue weighted by Crippen LogP contribution is -2.52. The molecule has 1 aliphatic heterocycles. The summed E-state index contributed by atoms with van der Waals surface area (Å²) in [5.41, 5.74) is 0.975. The molecule has 25 heavy (non-hydrogen) atoms. The summed E-state index contributed by atoms with van der Waals surface area (Å²) >= 11 is 0. The number of carbonyl (C=O) groups is 1. The summed E-state index contributed by atoms with van der Waals surface area (Å²) in [5.74, 6) is -0.351. The van der Waals surface area contributed by atoms with Crippen LogP contribution in [-0.2, 0) is 19.2 Å². The highest BCUT2D eigenvalue weighted by atomic mass is 32.2. The van der Waals surface area contributed by atoms with Gasteiger partial charge in [-0.1, -0.05) is 38.5 Å². The number of carbonyl (C=O) groups excluding carboxylic acids is 1. The Morgan fingerprint density at radius 1 is 1.16 bits per heavy atom. The Labute approximate surface area is 152 Å². The Bertz CT molecular complexity index is 735. The van der Waals surface area contributed by atoms with E-state index in [9.17, 15) is 13.2 Å². The molecule has 0 spiro atoms. The minimum atomic E-state index is -3.83. The molecule has 1 heterocycles. The Balaban J connectivity index is 2.23. The largest absolute Gasteiger partial charge is 0.412 e. The van der Waals surface area contributed by atoms with E-state index in [1.54, 1.807) is 24.3 Å². The first-order valence-corrected chi connectivity index (χ1v) is 13.0. The van der Waals surface area contributed by atoms with E-state index in [-0.39, 0.29) is 34.9 Å². The number of benzene rings is 1. The van der Waals surface area contributed by atoms with Crippen molar-refractivity contribution in [3.8, 4) is 0 Å². The summed E-state index contributed by atoms with van der Waals surface area (Å²) < 4.78 is 33.1. The molecule has 1 aliphatic rings. The van der Waals surface area contributed by atoms with E-state index in [0.717, 1.165) is 9.87 Å². The normalized spacial score (nSPS) is 20.0. The molecule has 1 saturated heterocycles. The molecule has 1 aromatic carbocycles. The van der Waals surface area contributed by atoms with Gasteiger partial charge in [-0.05, 0) is 43.6 Å². The third kappa shape index (κ3) is 4.32. The van der Waals surface area contributed by atoms with Crippen molar-refractivity contribution in [3.05, 3.63) is 29.8 Å². The molecule has 1 atom stereocenters. The van der Waals surface area contributed by atoms with Crippen molar-refractivity contribution in [1.82, 2.24) is 4.31 Å². The van der Waals surface area contributed by atoms with Crippen LogP contribution in [0.25, 0.3) is 0 Å². The van der Waals surface area contributed by atoms with Gasteiger partial charge in [0.05, 0.1) is 17.5 Å². The molecule has 1 aromatic rings. The molecule has 0 aliphatic carbocycles. The standard InChI is InChI=1S/C18H29NO4SSi/c1-14-7-10-16(11-8-14)24(21,22)19-13-15(9-12-17(19)20)23-25(5,6)18(2,3)4/h7-8,10-11,15H,9,12-13H2,1-6H3. The van der Waals surface area contributed by atoms with E-state index in [1.807, 2.05) is 6.92 Å². The summed E-state index contributed by atoms with van der Waals surface area (Å²) in [4.78, 5) is 12.4. The third-order valence-corrected chi connectivity index (χ3v) is 11.5. The summed E-state index contributed by atoms with van der Waals surface area (Å²) in [6.07, 6.45) is 0.536. The van der Waals surface area contributed by atoms with Gasteiger partial charge in [-0.25, -0.2) is 12.7 Å². The van der Waals surface area contributed by atoms with Crippen molar-refractivity contribution >= 4 is 24.2 Å². The minimum Gasteiger partial charge on any atom is -0.412 e. The maximum atomic E-state index is 12.9. The van der Waals surface area contributed by atoms with E-state index in [0.29, 0.717) is 6.42 Å². The SMILES string of the molecule is Cc1ccc(S(=O)(=O)N2CC(O[Si](C)(C)C(C)(C)C)CCC2=O)cc1. The molecule has 1 unspecified atom stereocenters. The van der Waals surface area contributed by atoms with Crippen LogP contribution in [0.2, 0.25) is 18.1 Å². The monoisotopic (exact) mass is 383 g/mol. The maximum absolute atomic E-state index is 12.9. The summed E-state index contributed by atoms with van der Waals surface area (Å²) in [6.45, 7) is 12.7. The molecule has 1 amide bonds. The van der Waals surface area contributed by atoms with E-state index in [2.05, 4.69) is 33.9 Å². The van der Waals surface area contributed by atoms with E-state index >= 15 is 0 Å². The first kappa shape index (κ1) is 20.1. The van der Waals surface area contributed by atoms with Gasteiger partial charge < -0.3 is 4.43 Å². The number of piperidine rings is 1. The second-order valence-electron chi connectivity index (χ2n) is 8.28. The summed E-state index contributed by atoms with van der Waals surface area (Å²) in [5, 5.41) is 0.0368. The lowest BCUT2D eigenvalue weighted by molar-refractivity contribution is -0.130. The third-order valence-electron chi connectivity index (χ3n) is 5.20. The Hall–Kier alpha value is -1.18. The van der Waals surface area contributed by atoms with E-state index in [4.69, 9.17) is 4.43 Å². The zero-order valence-electron chi connectivity index (χ0n) is 16.0. The van der Waals surface area contributed by atoms with Crippen LogP contribution in [0.3, 0.4) is 0 Å². The number of hydrogen-bond acceptors (Lipinski definition) is 4. The number of amides is 1. The fraction of sp³-hybridized carbons (Fsp3) is 0.611. The number of nitrogens with zero attached hydrogens (tertiary/aromatic N) is 1. The van der Waals surface area contributed by atoms with Gasteiger partial charge in [0.1, 0.15) is 0 Å². The molecule has 1 fully saturated rings. The van der Waals surface area contributed by atoms with Crippen LogP contribution in [0.15, 0.2) is 29.2 Å². The lowest BCUT2D eigenvalue weighted by atomic mass is 10.1. The second kappa shape index (κ2) is 6.85. The van der Waals surface area contributed by atoms with E-state index < -0.39 is 18.3 Å². The predicted molar refractivity (Wildman–Crippen MR) is 101 cm³/mol. The number of hydrogen-bond donors (Lipinski definition) is 0. The van der Waals surface area contributed by atoms with Crippen molar-refractivity contribution in [2.75, 3.05) is 6.54 Å². The average Bonchev–Trinajstić information content (AvgIpc) is 2.48. The van der Waals surface area contributed by atoms with Crippen LogP contribution in [0.4, 0.5) is 0 Å². The molecule has 0 bridgehead atoms. The van der Waals surface area contributed by atoms with Crippen LogP contribution < -0.4 is 0 Å². The fourth-order valence-corrected chi connectivity index (χ4v) is 5.38. The van der Waals surface area contributed by atoms with Crippen molar-refractivity contribution < 1.29 is 17.6 Å². The van der Waals surface area contributed by atoms with Crippen molar-refractivity contribution in [3.63, 3.8) is 0 Å². The lowest BCUT2D eigenvalue weighted by Gasteiger charge is -2.41. The average molecular weight is 384 g/mol. The Kier molecular flexibility index (Phi) is 5.52. The zero-order chi connectivity index (χ0) is 19.0. The van der Waals surface area contributed by atoms with Crippen molar-refractivity contribution in [1.29, 1.82) is 0 Å². The topological polar surface area (TPSA) is 63.7 Å². The minimum absolute atomic E-state index is 0.0368. The molecule has 0 radical (unpaired) electrons. The molecular formula is C18H29NO4SSi. The van der Waals surface area contributed by atoms with Gasteiger partial charge in [-0.15, -0.1) is 0 Å². The van der Waals surface area contributed by atoms with Gasteiger partial charge in [-0.3, -0.25) is 4.79 Å². The van der Waals surface area contributed by atoms with Gasteiger partial charge in [0.25, 0.3) is 10.0 Å². The fourth-order valence-electron chi connectivity index (χ4n) is 2.55. The van der Waals surface area contributed by atoms with E-state index in [1.165, 1.54) is 0 Å². The van der Waals surface area contributed by atoms with Crippen LogP contribution in [-0.4, -0.2) is 39.6 Å². The highest BCUT2D eigenvalue weighted by Crippen LogP contribution is 2.38. The van der Waals surface area contributed by atoms with Crippen LogP contribution in [0, 0.1) is 6.92 Å². The smallest absolute Gasteiger partial charge is 0.266 e. The molecule has 2 rings (SSSR count). The zero-order valence-corrected chi connectivity index (χ0v) is 17.8. The summed E-state index contributed by atoms with van der Waals surface area (Å²) in [7, 11) is -5.86. The molecule has 140 valence electrons. The summed E-state index contributed by atoms with van der Waals surface area (Å²) in [6, 6.07) is 6.59. The molecule has 0 aromatic heterocycles. The first-order valence-electron chi connectivity index (χ1n) is 8.65. The molecular weight excluding hydrogens is 354 g/mol. The van der Waals surface area contributed by atoms with Gasteiger partial charge in [0.2, 0.25) is 5.91 Å². The van der Waals surface area contributed by atoms with Crippen LogP contribution >= 0.6 is 0 Å². The van der Waals surface area contributed by atoms with Gasteiger partial charge in [0, 0.05) is 6.42 Å². The number of sulfonamides is 1.